The van der Waals surface area contributed by atoms with Crippen molar-refractivity contribution in [1.82, 2.24) is 9.97 Å². The summed E-state index contributed by atoms with van der Waals surface area (Å²) in [5.74, 6) is 3.61. The molecule has 0 N–H and O–H groups in total. The molecule has 0 aliphatic rings. The van der Waals surface area contributed by atoms with Crippen molar-refractivity contribution in [3.8, 4) is 23.0 Å². The smallest absolute Gasteiger partial charge is 0.205 e. The lowest BCUT2D eigenvalue weighted by molar-refractivity contribution is 0.502. The molecule has 0 amide bonds. The maximum absolute atomic E-state index is 14.2. The van der Waals surface area contributed by atoms with Gasteiger partial charge in [-0.3, -0.25) is 0 Å². The third kappa shape index (κ3) is 3.60. The first-order chi connectivity index (χ1) is 12.5. The van der Waals surface area contributed by atoms with E-state index in [2.05, 4.69) is 21.8 Å². The molecule has 2 nitrogen and oxygen atoms in total. The van der Waals surface area contributed by atoms with Gasteiger partial charge in [0, 0.05) is 29.1 Å². The van der Waals surface area contributed by atoms with Gasteiger partial charge in [0.15, 0.2) is 11.6 Å². The lowest BCUT2D eigenvalue weighted by atomic mass is 10.0. The van der Waals surface area contributed by atoms with Gasteiger partial charge in [0.1, 0.15) is 5.82 Å². The normalized spacial score (nSPS) is 10.3. The Morgan fingerprint density at radius 3 is 2.31 bits per heavy atom. The molecule has 0 radical (unpaired) electrons. The molecule has 0 fully saturated rings. The fourth-order valence-electron chi connectivity index (χ4n) is 2.42. The van der Waals surface area contributed by atoms with Gasteiger partial charge in [0.05, 0.1) is 0 Å². The lowest BCUT2D eigenvalue weighted by Gasteiger charge is -2.06. The Morgan fingerprint density at radius 1 is 0.923 bits per heavy atom. The molecule has 1 aromatic heterocycles. The molecule has 2 aromatic carbocycles. The van der Waals surface area contributed by atoms with Gasteiger partial charge in [-0.05, 0) is 42.5 Å². The highest BCUT2D eigenvalue weighted by atomic mass is 19.2. The van der Waals surface area contributed by atoms with Gasteiger partial charge in [-0.25, -0.2) is 23.1 Å². The summed E-state index contributed by atoms with van der Waals surface area (Å²) >= 11 is 0. The van der Waals surface area contributed by atoms with Gasteiger partial charge in [-0.15, -0.1) is 0 Å². The van der Waals surface area contributed by atoms with Crippen molar-refractivity contribution in [2.45, 2.75) is 20.3 Å². The fourth-order valence-corrected chi connectivity index (χ4v) is 2.42. The lowest BCUT2D eigenvalue weighted by Crippen LogP contribution is -1.97. The zero-order valence-electron chi connectivity index (χ0n) is 14.3. The second kappa shape index (κ2) is 7.40. The second-order valence-electron chi connectivity index (χ2n) is 5.76. The van der Waals surface area contributed by atoms with E-state index in [0.717, 1.165) is 0 Å². The van der Waals surface area contributed by atoms with E-state index in [4.69, 9.17) is 0 Å². The molecule has 0 saturated carbocycles. The van der Waals surface area contributed by atoms with Crippen LogP contribution in [0.5, 0.6) is 0 Å². The molecule has 1 heterocycles. The van der Waals surface area contributed by atoms with Crippen molar-refractivity contribution in [2.24, 2.45) is 0 Å². The highest BCUT2D eigenvalue weighted by molar-refractivity contribution is 5.63. The highest BCUT2D eigenvalue weighted by Gasteiger charge is 2.14. The van der Waals surface area contributed by atoms with Gasteiger partial charge in [-0.2, -0.15) is 0 Å². The number of nitrogens with zero attached hydrogens (tertiary/aromatic N) is 2. The first-order valence-corrected chi connectivity index (χ1v) is 8.07. The first-order valence-electron chi connectivity index (χ1n) is 8.07. The van der Waals surface area contributed by atoms with Gasteiger partial charge >= 0.3 is 0 Å². The fraction of sp³-hybridized carbons (Fsp3) is 0.143. The predicted molar refractivity (Wildman–Crippen MR) is 93.9 cm³/mol. The summed E-state index contributed by atoms with van der Waals surface area (Å²) in [5.41, 5.74) is 1.82. The number of aryl methyl sites for hydroxylation is 2. The largest absolute Gasteiger partial charge is 0.229 e. The Kier molecular flexibility index (Phi) is 5.04. The molecule has 0 bridgehead atoms. The molecule has 5 heteroatoms. The highest BCUT2D eigenvalue weighted by Crippen LogP contribution is 2.25. The molecule has 0 aliphatic heterocycles. The van der Waals surface area contributed by atoms with Crippen LogP contribution in [0.2, 0.25) is 0 Å². The summed E-state index contributed by atoms with van der Waals surface area (Å²) in [6, 6.07) is 7.74. The minimum absolute atomic E-state index is 0.0971. The minimum atomic E-state index is -0.915. The van der Waals surface area contributed by atoms with E-state index >= 15 is 0 Å². The summed E-state index contributed by atoms with van der Waals surface area (Å²) in [6.45, 7) is 3.43. The molecule has 0 atom stereocenters. The van der Waals surface area contributed by atoms with E-state index in [-0.39, 0.29) is 17.2 Å². The monoisotopic (exact) mass is 352 g/mol. The summed E-state index contributed by atoms with van der Waals surface area (Å²) in [5, 5.41) is 0. The zero-order chi connectivity index (χ0) is 18.7. The second-order valence-corrected chi connectivity index (χ2v) is 5.76. The van der Waals surface area contributed by atoms with Crippen LogP contribution in [-0.4, -0.2) is 9.97 Å². The van der Waals surface area contributed by atoms with E-state index in [1.54, 1.807) is 32.0 Å². The van der Waals surface area contributed by atoms with E-state index in [1.807, 2.05) is 0 Å². The van der Waals surface area contributed by atoms with Crippen molar-refractivity contribution in [1.29, 1.82) is 0 Å². The SMILES string of the molecule is CCc1ccc(-c2cnc(C#Cc3ccc(C)c(F)c3)nc2)c(F)c1F. The summed E-state index contributed by atoms with van der Waals surface area (Å²) < 4.78 is 41.6. The number of aromatic nitrogens is 2. The maximum atomic E-state index is 14.2. The average Bonchev–Trinajstić information content (AvgIpc) is 2.65. The van der Waals surface area contributed by atoms with E-state index in [1.165, 1.54) is 24.5 Å². The minimum Gasteiger partial charge on any atom is -0.229 e. The molecular weight excluding hydrogens is 337 g/mol. The number of hydrogen-bond donors (Lipinski definition) is 0. The van der Waals surface area contributed by atoms with Crippen LogP contribution in [-0.2, 0) is 6.42 Å². The van der Waals surface area contributed by atoms with Crippen LogP contribution in [0.15, 0.2) is 42.7 Å². The quantitative estimate of drug-likeness (QED) is 0.617. The number of halogens is 3. The van der Waals surface area contributed by atoms with Crippen molar-refractivity contribution in [3.63, 3.8) is 0 Å². The molecule has 26 heavy (non-hydrogen) atoms. The number of hydrogen-bond acceptors (Lipinski definition) is 2. The van der Waals surface area contributed by atoms with Crippen LogP contribution < -0.4 is 0 Å². The Bertz CT molecular complexity index is 1020. The van der Waals surface area contributed by atoms with Crippen molar-refractivity contribution in [2.75, 3.05) is 0 Å². The molecule has 0 spiro atoms. The van der Waals surface area contributed by atoms with Gasteiger partial charge in [-0.1, -0.05) is 31.0 Å². The predicted octanol–water partition coefficient (Wildman–Crippen LogP) is 4.83. The molecule has 130 valence electrons. The van der Waals surface area contributed by atoms with E-state index in [9.17, 15) is 13.2 Å². The van der Waals surface area contributed by atoms with Crippen LogP contribution in [0.4, 0.5) is 13.2 Å². The maximum Gasteiger partial charge on any atom is 0.205 e. The van der Waals surface area contributed by atoms with E-state index in [0.29, 0.717) is 28.7 Å². The van der Waals surface area contributed by atoms with Crippen molar-refractivity contribution >= 4 is 0 Å². The van der Waals surface area contributed by atoms with Crippen LogP contribution in [0, 0.1) is 36.2 Å². The molecular formula is C21H15F3N2. The van der Waals surface area contributed by atoms with Gasteiger partial charge < -0.3 is 0 Å². The Morgan fingerprint density at radius 2 is 1.65 bits per heavy atom. The van der Waals surface area contributed by atoms with Crippen LogP contribution in [0.1, 0.15) is 29.4 Å². The molecule has 0 aliphatic carbocycles. The van der Waals surface area contributed by atoms with E-state index < -0.39 is 11.6 Å². The average molecular weight is 352 g/mol. The van der Waals surface area contributed by atoms with Crippen LogP contribution >= 0.6 is 0 Å². The topological polar surface area (TPSA) is 25.8 Å². The summed E-state index contributed by atoms with van der Waals surface area (Å²) in [6.07, 6.45) is 3.18. The van der Waals surface area contributed by atoms with Crippen molar-refractivity contribution in [3.05, 3.63) is 82.7 Å². The Balaban J connectivity index is 1.87. The Hall–Kier alpha value is -3.13. The standard InChI is InChI=1S/C21H15F3N2/c1-3-15-7-8-17(21(24)20(15)23)16-11-25-19(26-12-16)9-6-14-5-4-13(2)18(22)10-14/h4-5,7-8,10-12H,3H2,1-2H3. The number of rotatable bonds is 2. The third-order valence-corrected chi connectivity index (χ3v) is 4.00. The first kappa shape index (κ1) is 17.7. The molecule has 0 unspecified atom stereocenters. The van der Waals surface area contributed by atoms with Crippen molar-refractivity contribution < 1.29 is 13.2 Å². The molecule has 3 aromatic rings. The summed E-state index contributed by atoms with van der Waals surface area (Å²) in [4.78, 5) is 8.11. The molecule has 0 saturated heterocycles. The molecule has 3 rings (SSSR count). The van der Waals surface area contributed by atoms with Gasteiger partial charge in [0.25, 0.3) is 0 Å². The number of benzene rings is 2. The Labute approximate surface area is 149 Å². The van der Waals surface area contributed by atoms with Crippen LogP contribution in [0.3, 0.4) is 0 Å². The third-order valence-electron chi connectivity index (χ3n) is 4.00. The van der Waals surface area contributed by atoms with Gasteiger partial charge in [0.2, 0.25) is 5.82 Å². The van der Waals surface area contributed by atoms with Crippen LogP contribution in [0.25, 0.3) is 11.1 Å². The summed E-state index contributed by atoms with van der Waals surface area (Å²) in [7, 11) is 0. The zero-order valence-corrected chi connectivity index (χ0v) is 14.3.